The van der Waals surface area contributed by atoms with Crippen LogP contribution in [0.15, 0.2) is 24.3 Å². The second-order valence-corrected chi connectivity index (χ2v) is 5.62. The van der Waals surface area contributed by atoms with Gasteiger partial charge in [0.15, 0.2) is 0 Å². The third-order valence-corrected chi connectivity index (χ3v) is 2.55. The highest BCUT2D eigenvalue weighted by molar-refractivity contribution is 5.67. The molecule has 1 aromatic rings. The maximum absolute atomic E-state index is 11.4. The van der Waals surface area contributed by atoms with Crippen LogP contribution in [0.25, 0.3) is 6.08 Å². The number of rotatable bonds is 5. The molecule has 116 valence electrons. The molecule has 1 aromatic carbocycles. The number of carbonyl (C=O) groups excluding carboxylic acids is 1. The first-order valence-corrected chi connectivity index (χ1v) is 6.89. The SMILES string of the molecule is COc1cc(C=CCCNC(=O)OC(C)(C)C)ccc1N. The van der Waals surface area contributed by atoms with Gasteiger partial charge in [0.1, 0.15) is 11.4 Å². The molecule has 0 unspecified atom stereocenters. The molecule has 0 bridgehead atoms. The van der Waals surface area contributed by atoms with Crippen molar-refractivity contribution >= 4 is 17.9 Å². The molecule has 5 heteroatoms. The number of anilines is 1. The number of amides is 1. The fourth-order valence-electron chi connectivity index (χ4n) is 1.62. The zero-order chi connectivity index (χ0) is 15.9. The van der Waals surface area contributed by atoms with Gasteiger partial charge < -0.3 is 20.5 Å². The molecule has 0 atom stereocenters. The quantitative estimate of drug-likeness (QED) is 0.645. The molecular formula is C16H24N2O3. The van der Waals surface area contributed by atoms with E-state index in [4.69, 9.17) is 15.2 Å². The highest BCUT2D eigenvalue weighted by atomic mass is 16.6. The lowest BCUT2D eigenvalue weighted by Crippen LogP contribution is -2.32. The van der Waals surface area contributed by atoms with E-state index in [0.29, 0.717) is 24.4 Å². The number of alkyl carbamates (subject to hydrolysis) is 1. The van der Waals surface area contributed by atoms with Crippen molar-refractivity contribution in [2.45, 2.75) is 32.8 Å². The Balaban J connectivity index is 2.37. The van der Waals surface area contributed by atoms with Crippen molar-refractivity contribution in [3.63, 3.8) is 0 Å². The smallest absolute Gasteiger partial charge is 0.407 e. The average Bonchev–Trinajstić information content (AvgIpc) is 2.38. The number of hydrogen-bond acceptors (Lipinski definition) is 4. The van der Waals surface area contributed by atoms with Crippen molar-refractivity contribution in [2.24, 2.45) is 0 Å². The monoisotopic (exact) mass is 292 g/mol. The van der Waals surface area contributed by atoms with Crippen molar-refractivity contribution in [3.8, 4) is 5.75 Å². The Bertz CT molecular complexity index is 505. The number of nitrogens with one attached hydrogen (secondary N) is 1. The number of methoxy groups -OCH3 is 1. The van der Waals surface area contributed by atoms with Crippen molar-refractivity contribution in [2.75, 3.05) is 19.4 Å². The summed E-state index contributed by atoms with van der Waals surface area (Å²) >= 11 is 0. The van der Waals surface area contributed by atoms with Crippen molar-refractivity contribution in [1.82, 2.24) is 5.32 Å². The van der Waals surface area contributed by atoms with Gasteiger partial charge >= 0.3 is 6.09 Å². The Hall–Kier alpha value is -2.17. The van der Waals surface area contributed by atoms with Gasteiger partial charge in [-0.05, 0) is 44.9 Å². The summed E-state index contributed by atoms with van der Waals surface area (Å²) in [7, 11) is 1.59. The molecule has 0 aliphatic rings. The molecule has 1 amide bonds. The maximum atomic E-state index is 11.4. The minimum Gasteiger partial charge on any atom is -0.495 e. The third kappa shape index (κ3) is 6.70. The van der Waals surface area contributed by atoms with Crippen LogP contribution in [0, 0.1) is 0 Å². The molecule has 0 fully saturated rings. The van der Waals surface area contributed by atoms with Gasteiger partial charge in [0.25, 0.3) is 0 Å². The van der Waals surface area contributed by atoms with Crippen LogP contribution >= 0.6 is 0 Å². The lowest BCUT2D eigenvalue weighted by Gasteiger charge is -2.19. The number of carbonyl (C=O) groups is 1. The summed E-state index contributed by atoms with van der Waals surface area (Å²) in [5.41, 5.74) is 6.89. The predicted octanol–water partition coefficient (Wildman–Crippen LogP) is 3.21. The molecule has 0 aliphatic heterocycles. The Labute approximate surface area is 126 Å². The maximum Gasteiger partial charge on any atom is 0.407 e. The molecule has 0 aliphatic carbocycles. The summed E-state index contributed by atoms with van der Waals surface area (Å²) in [6.45, 7) is 6.03. The number of ether oxygens (including phenoxy) is 2. The summed E-state index contributed by atoms with van der Waals surface area (Å²) in [5.74, 6) is 0.657. The van der Waals surface area contributed by atoms with Gasteiger partial charge in [0.2, 0.25) is 0 Å². The van der Waals surface area contributed by atoms with E-state index in [1.807, 2.05) is 45.1 Å². The van der Waals surface area contributed by atoms with Crippen LogP contribution in [0.2, 0.25) is 0 Å². The number of nitrogens with two attached hydrogens (primary N) is 1. The molecule has 0 saturated heterocycles. The molecule has 1 rings (SSSR count). The van der Waals surface area contributed by atoms with E-state index in [1.54, 1.807) is 13.2 Å². The van der Waals surface area contributed by atoms with Crippen LogP contribution in [-0.4, -0.2) is 25.3 Å². The van der Waals surface area contributed by atoms with E-state index in [9.17, 15) is 4.79 Å². The van der Waals surface area contributed by atoms with E-state index in [2.05, 4.69) is 5.32 Å². The molecule has 3 N–H and O–H groups in total. The summed E-state index contributed by atoms with van der Waals surface area (Å²) in [4.78, 5) is 11.4. The van der Waals surface area contributed by atoms with Crippen molar-refractivity contribution in [1.29, 1.82) is 0 Å². The van der Waals surface area contributed by atoms with Gasteiger partial charge in [-0.2, -0.15) is 0 Å². The van der Waals surface area contributed by atoms with Crippen LogP contribution in [0.3, 0.4) is 0 Å². The normalized spacial score (nSPS) is 11.4. The molecule has 0 saturated carbocycles. The largest absolute Gasteiger partial charge is 0.495 e. The topological polar surface area (TPSA) is 73.6 Å². The summed E-state index contributed by atoms with van der Waals surface area (Å²) in [5, 5.41) is 2.70. The van der Waals surface area contributed by atoms with Gasteiger partial charge in [0.05, 0.1) is 12.8 Å². The predicted molar refractivity (Wildman–Crippen MR) is 85.3 cm³/mol. The van der Waals surface area contributed by atoms with E-state index in [-0.39, 0.29) is 0 Å². The number of hydrogen-bond donors (Lipinski definition) is 2. The lowest BCUT2D eigenvalue weighted by molar-refractivity contribution is 0.0529. The molecule has 21 heavy (non-hydrogen) atoms. The molecule has 5 nitrogen and oxygen atoms in total. The number of benzene rings is 1. The first kappa shape index (κ1) is 16.9. The highest BCUT2D eigenvalue weighted by Gasteiger charge is 2.15. The van der Waals surface area contributed by atoms with Crippen molar-refractivity contribution < 1.29 is 14.3 Å². The van der Waals surface area contributed by atoms with Gasteiger partial charge in [0, 0.05) is 6.54 Å². The molecule has 0 radical (unpaired) electrons. The molecule has 0 aromatic heterocycles. The molecule has 0 heterocycles. The Morgan fingerprint density at radius 3 is 2.71 bits per heavy atom. The van der Waals surface area contributed by atoms with Gasteiger partial charge in [-0.1, -0.05) is 18.2 Å². The first-order chi connectivity index (χ1) is 9.81. The Morgan fingerprint density at radius 1 is 1.38 bits per heavy atom. The molecule has 0 spiro atoms. The number of nitrogen functional groups attached to an aromatic ring is 1. The summed E-state index contributed by atoms with van der Waals surface area (Å²) in [6.07, 6.45) is 4.25. The van der Waals surface area contributed by atoms with E-state index in [1.165, 1.54) is 0 Å². The first-order valence-electron chi connectivity index (χ1n) is 6.89. The van der Waals surface area contributed by atoms with Crippen LogP contribution in [-0.2, 0) is 4.74 Å². The highest BCUT2D eigenvalue weighted by Crippen LogP contribution is 2.22. The van der Waals surface area contributed by atoms with Gasteiger partial charge in [-0.15, -0.1) is 0 Å². The van der Waals surface area contributed by atoms with E-state index >= 15 is 0 Å². The fourth-order valence-corrected chi connectivity index (χ4v) is 1.62. The minimum absolute atomic E-state index is 0.398. The zero-order valence-electron chi connectivity index (χ0n) is 13.1. The second kappa shape index (κ2) is 7.57. The van der Waals surface area contributed by atoms with Crippen LogP contribution in [0.4, 0.5) is 10.5 Å². The summed E-state index contributed by atoms with van der Waals surface area (Å²) in [6, 6.07) is 5.58. The summed E-state index contributed by atoms with van der Waals surface area (Å²) < 4.78 is 10.3. The van der Waals surface area contributed by atoms with Crippen molar-refractivity contribution in [3.05, 3.63) is 29.8 Å². The molecular weight excluding hydrogens is 268 g/mol. The Morgan fingerprint density at radius 2 is 2.10 bits per heavy atom. The van der Waals surface area contributed by atoms with Gasteiger partial charge in [-0.25, -0.2) is 4.79 Å². The standard InChI is InChI=1S/C16H24N2O3/c1-16(2,3)21-15(19)18-10-6-5-7-12-8-9-13(17)14(11-12)20-4/h5,7-9,11H,6,10,17H2,1-4H3,(H,18,19). The van der Waals surface area contributed by atoms with Crippen LogP contribution in [0.5, 0.6) is 5.75 Å². The van der Waals surface area contributed by atoms with E-state index < -0.39 is 11.7 Å². The third-order valence-electron chi connectivity index (χ3n) is 2.55. The van der Waals surface area contributed by atoms with Crippen LogP contribution in [0.1, 0.15) is 32.8 Å². The fraction of sp³-hybridized carbons (Fsp3) is 0.438. The van der Waals surface area contributed by atoms with Gasteiger partial charge in [-0.3, -0.25) is 0 Å². The Kier molecular flexibility index (Phi) is 6.09. The second-order valence-electron chi connectivity index (χ2n) is 5.62. The minimum atomic E-state index is -0.472. The average molecular weight is 292 g/mol. The zero-order valence-corrected chi connectivity index (χ0v) is 13.1. The van der Waals surface area contributed by atoms with Crippen LogP contribution < -0.4 is 15.8 Å². The van der Waals surface area contributed by atoms with E-state index in [0.717, 1.165) is 5.56 Å². The lowest BCUT2D eigenvalue weighted by atomic mass is 10.1.